The topological polar surface area (TPSA) is 83.5 Å². The normalized spacial score (nSPS) is 11.0. The van der Waals surface area contributed by atoms with Gasteiger partial charge in [0.05, 0.1) is 0 Å². The van der Waals surface area contributed by atoms with E-state index in [1.165, 1.54) is 5.56 Å². The molecule has 0 aliphatic rings. The second-order valence-corrected chi connectivity index (χ2v) is 8.49. The van der Waals surface area contributed by atoms with Gasteiger partial charge in [0.1, 0.15) is 11.5 Å². The van der Waals surface area contributed by atoms with Crippen LogP contribution in [0.2, 0.25) is 0 Å². The molecule has 7 nitrogen and oxygen atoms in total. The molecule has 3 N–H and O–H groups in total. The van der Waals surface area contributed by atoms with Crippen molar-refractivity contribution in [2.24, 2.45) is 4.99 Å². The Morgan fingerprint density at radius 1 is 0.806 bits per heavy atom. The predicted molar refractivity (Wildman–Crippen MR) is 150 cm³/mol. The van der Waals surface area contributed by atoms with Crippen molar-refractivity contribution in [2.45, 2.75) is 20.3 Å². The van der Waals surface area contributed by atoms with Crippen molar-refractivity contribution in [1.82, 2.24) is 15.3 Å². The molecule has 0 atom stereocenters. The van der Waals surface area contributed by atoms with Gasteiger partial charge in [0.2, 0.25) is 11.9 Å². The smallest absolute Gasteiger partial charge is 0.229 e. The van der Waals surface area contributed by atoms with Crippen LogP contribution in [0.3, 0.4) is 0 Å². The number of ether oxygens (including phenoxy) is 1. The van der Waals surface area contributed by atoms with Gasteiger partial charge in [-0.05, 0) is 80.5 Å². The van der Waals surface area contributed by atoms with E-state index in [-0.39, 0.29) is 0 Å². The van der Waals surface area contributed by atoms with Gasteiger partial charge < -0.3 is 15.4 Å². The van der Waals surface area contributed by atoms with E-state index in [0.29, 0.717) is 23.6 Å². The molecule has 36 heavy (non-hydrogen) atoms. The van der Waals surface area contributed by atoms with E-state index in [9.17, 15) is 0 Å². The van der Waals surface area contributed by atoms with Crippen molar-refractivity contribution in [3.63, 3.8) is 0 Å². The Hall–Kier alpha value is -4.30. The number of anilines is 2. The fourth-order valence-electron chi connectivity index (χ4n) is 3.44. The van der Waals surface area contributed by atoms with E-state index in [1.807, 2.05) is 92.7 Å². The number of benzene rings is 3. The van der Waals surface area contributed by atoms with Gasteiger partial charge in [-0.3, -0.25) is 10.3 Å². The molecule has 0 aliphatic heterocycles. The van der Waals surface area contributed by atoms with Crippen LogP contribution in [-0.4, -0.2) is 27.6 Å². The summed E-state index contributed by atoms with van der Waals surface area (Å²) in [5, 5.41) is 9.88. The van der Waals surface area contributed by atoms with Crippen LogP contribution in [0.4, 0.5) is 11.6 Å². The number of thiocarbonyl (C=S) groups is 1. The van der Waals surface area contributed by atoms with E-state index in [2.05, 4.69) is 43.0 Å². The summed E-state index contributed by atoms with van der Waals surface area (Å²) < 4.78 is 5.85. The van der Waals surface area contributed by atoms with Crippen LogP contribution in [0, 0.1) is 13.8 Å². The quantitative estimate of drug-likeness (QED) is 0.167. The van der Waals surface area contributed by atoms with Crippen LogP contribution >= 0.6 is 12.2 Å². The van der Waals surface area contributed by atoms with Crippen LogP contribution in [-0.2, 0) is 6.42 Å². The number of guanidine groups is 1. The third-order valence-corrected chi connectivity index (χ3v) is 5.25. The second-order valence-electron chi connectivity index (χ2n) is 8.08. The first-order valence-electron chi connectivity index (χ1n) is 11.6. The molecule has 0 bridgehead atoms. The Morgan fingerprint density at radius 2 is 1.42 bits per heavy atom. The number of nitrogens with one attached hydrogen (secondary N) is 3. The van der Waals surface area contributed by atoms with Crippen LogP contribution in [0.25, 0.3) is 0 Å². The highest BCUT2D eigenvalue weighted by atomic mass is 32.1. The van der Waals surface area contributed by atoms with Crippen LogP contribution in [0.5, 0.6) is 11.5 Å². The molecule has 3 aromatic carbocycles. The lowest BCUT2D eigenvalue weighted by Crippen LogP contribution is -2.39. The summed E-state index contributed by atoms with van der Waals surface area (Å²) in [6.45, 7) is 4.42. The number of hydrogen-bond donors (Lipinski definition) is 3. The lowest BCUT2D eigenvalue weighted by atomic mass is 10.2. The maximum atomic E-state index is 5.85. The monoisotopic (exact) mass is 496 g/mol. The molecular formula is C28H28N6OS. The summed E-state index contributed by atoms with van der Waals surface area (Å²) in [4.78, 5) is 13.6. The third kappa shape index (κ3) is 7.89. The lowest BCUT2D eigenvalue weighted by molar-refractivity contribution is 0.483. The zero-order valence-corrected chi connectivity index (χ0v) is 21.0. The molecular weight excluding hydrogens is 468 g/mol. The highest BCUT2D eigenvalue weighted by molar-refractivity contribution is 7.80. The van der Waals surface area contributed by atoms with Gasteiger partial charge in [-0.1, -0.05) is 48.5 Å². The van der Waals surface area contributed by atoms with Crippen molar-refractivity contribution >= 4 is 34.9 Å². The largest absolute Gasteiger partial charge is 0.457 e. The van der Waals surface area contributed by atoms with Crippen molar-refractivity contribution in [3.05, 3.63) is 108 Å². The molecule has 0 aliphatic carbocycles. The summed E-state index contributed by atoms with van der Waals surface area (Å²) in [7, 11) is 0. The predicted octanol–water partition coefficient (Wildman–Crippen LogP) is 5.88. The summed E-state index contributed by atoms with van der Waals surface area (Å²) in [6.07, 6.45) is 0.796. The Labute approximate surface area is 216 Å². The zero-order chi connectivity index (χ0) is 25.2. The number of nitrogens with zero attached hydrogens (tertiary/aromatic N) is 3. The summed E-state index contributed by atoms with van der Waals surface area (Å²) in [5.41, 5.74) is 3.76. The van der Waals surface area contributed by atoms with E-state index in [4.69, 9.17) is 17.0 Å². The zero-order valence-electron chi connectivity index (χ0n) is 20.2. The Bertz CT molecular complexity index is 1290. The Kier molecular flexibility index (Phi) is 8.56. The van der Waals surface area contributed by atoms with Crippen molar-refractivity contribution < 1.29 is 4.74 Å². The van der Waals surface area contributed by atoms with Gasteiger partial charge in [0.15, 0.2) is 5.11 Å². The number of aliphatic imine (C=N–C) groups is 1. The van der Waals surface area contributed by atoms with E-state index in [0.717, 1.165) is 35.0 Å². The average Bonchev–Trinajstić information content (AvgIpc) is 2.86. The molecule has 0 amide bonds. The molecule has 0 saturated heterocycles. The maximum Gasteiger partial charge on any atom is 0.229 e. The fraction of sp³-hybridized carbons (Fsp3) is 0.143. The first kappa shape index (κ1) is 24.8. The van der Waals surface area contributed by atoms with Crippen LogP contribution in [0.15, 0.2) is 96.0 Å². The molecule has 8 heteroatoms. The Balaban J connectivity index is 1.40. The molecule has 1 aromatic heterocycles. The van der Waals surface area contributed by atoms with Crippen LogP contribution < -0.4 is 20.7 Å². The number of aryl methyl sites for hydroxylation is 2. The van der Waals surface area contributed by atoms with Gasteiger partial charge in [0.25, 0.3) is 0 Å². The number of rotatable bonds is 7. The standard InChI is InChI=1S/C28H28N6OS/c1-20-19-21(2)31-27(30-20)33-26(29-18-17-22-9-5-3-6-10-22)34-28(36)32-23-13-15-25(16-14-23)35-24-11-7-4-8-12-24/h3-16,19H,17-18H2,1-2H3,(H3,29,30,31,32,33,34,36). The molecule has 0 unspecified atom stereocenters. The number of hydrogen-bond acceptors (Lipinski definition) is 5. The minimum absolute atomic E-state index is 0.391. The first-order valence-corrected chi connectivity index (χ1v) is 12.0. The second kappa shape index (κ2) is 12.4. The third-order valence-electron chi connectivity index (χ3n) is 5.05. The SMILES string of the molecule is Cc1cc(C)nc(NC(=NCCc2ccccc2)NC(=S)Nc2ccc(Oc3ccccc3)cc2)n1. The van der Waals surface area contributed by atoms with E-state index >= 15 is 0 Å². The molecule has 182 valence electrons. The molecule has 0 fully saturated rings. The van der Waals surface area contributed by atoms with Gasteiger partial charge in [-0.2, -0.15) is 0 Å². The van der Waals surface area contributed by atoms with Gasteiger partial charge in [0, 0.05) is 23.6 Å². The number of aromatic nitrogens is 2. The number of para-hydroxylation sites is 1. The Morgan fingerprint density at radius 3 is 2.08 bits per heavy atom. The summed E-state index contributed by atoms with van der Waals surface area (Å²) in [6, 6.07) is 29.4. The minimum Gasteiger partial charge on any atom is -0.457 e. The van der Waals surface area contributed by atoms with Crippen LogP contribution in [0.1, 0.15) is 17.0 Å². The minimum atomic E-state index is 0.391. The molecule has 0 saturated carbocycles. The van der Waals surface area contributed by atoms with Crippen molar-refractivity contribution in [2.75, 3.05) is 17.2 Å². The highest BCUT2D eigenvalue weighted by Crippen LogP contribution is 2.22. The molecule has 4 aromatic rings. The maximum absolute atomic E-state index is 5.85. The lowest BCUT2D eigenvalue weighted by Gasteiger charge is -2.15. The summed E-state index contributed by atoms with van der Waals surface area (Å²) >= 11 is 5.55. The highest BCUT2D eigenvalue weighted by Gasteiger charge is 2.08. The van der Waals surface area contributed by atoms with Gasteiger partial charge in [-0.25, -0.2) is 9.97 Å². The molecule has 4 rings (SSSR count). The molecule has 0 spiro atoms. The van der Waals surface area contributed by atoms with Crippen molar-refractivity contribution in [1.29, 1.82) is 0 Å². The van der Waals surface area contributed by atoms with Gasteiger partial charge in [-0.15, -0.1) is 0 Å². The molecule has 1 heterocycles. The van der Waals surface area contributed by atoms with E-state index < -0.39 is 0 Å². The summed E-state index contributed by atoms with van der Waals surface area (Å²) in [5.74, 6) is 2.45. The molecule has 0 radical (unpaired) electrons. The fourth-order valence-corrected chi connectivity index (χ4v) is 3.65. The first-order chi connectivity index (χ1) is 17.5. The van der Waals surface area contributed by atoms with E-state index in [1.54, 1.807) is 0 Å². The van der Waals surface area contributed by atoms with Crippen molar-refractivity contribution in [3.8, 4) is 11.5 Å². The van der Waals surface area contributed by atoms with Gasteiger partial charge >= 0.3 is 0 Å². The average molecular weight is 497 g/mol.